The molecule has 0 spiro atoms. The van der Waals surface area contributed by atoms with Gasteiger partial charge in [0.25, 0.3) is 0 Å². The van der Waals surface area contributed by atoms with Gasteiger partial charge in [0.1, 0.15) is 12.0 Å². The van der Waals surface area contributed by atoms with Gasteiger partial charge in [-0.05, 0) is 31.8 Å². The first-order chi connectivity index (χ1) is 7.84. The molecule has 0 radical (unpaired) electrons. The van der Waals surface area contributed by atoms with Crippen molar-refractivity contribution in [3.05, 3.63) is 18.0 Å². The Kier molecular flexibility index (Phi) is 3.93. The number of carbonyl (C=O) groups excluding carboxylic acids is 1. The molecule has 88 valence electrons. The van der Waals surface area contributed by atoms with Crippen LogP contribution in [0.4, 0.5) is 0 Å². The van der Waals surface area contributed by atoms with E-state index in [1.807, 2.05) is 0 Å². The molecule has 1 aromatic rings. The fraction of sp³-hybridized carbons (Fsp3) is 0.636. The predicted octanol–water partition coefficient (Wildman–Crippen LogP) is 0.680. The number of hydrogen-bond donors (Lipinski definition) is 2. The summed E-state index contributed by atoms with van der Waals surface area (Å²) in [5.41, 5.74) is 0.760. The van der Waals surface area contributed by atoms with E-state index in [2.05, 4.69) is 20.3 Å². The number of hydrogen-bond acceptors (Lipinski definition) is 4. The van der Waals surface area contributed by atoms with Gasteiger partial charge in [0.05, 0.1) is 6.54 Å². The first-order valence-corrected chi connectivity index (χ1v) is 5.71. The Morgan fingerprint density at radius 1 is 1.69 bits per heavy atom. The Hall–Kier alpha value is -1.36. The number of nitrogens with one attached hydrogen (secondary N) is 2. The second kappa shape index (κ2) is 5.65. The Morgan fingerprint density at radius 2 is 2.62 bits per heavy atom. The SMILES string of the molecule is O=C(CCC1CCNC1)NCc1ccon1. The standard InChI is InChI=1S/C11H17N3O2/c15-11(2-1-9-3-5-12-7-9)13-8-10-4-6-16-14-10/h4,6,9,12H,1-3,5,7-8H2,(H,13,15). The zero-order valence-electron chi connectivity index (χ0n) is 9.24. The fourth-order valence-corrected chi connectivity index (χ4v) is 1.90. The molecule has 1 aliphatic heterocycles. The van der Waals surface area contributed by atoms with Gasteiger partial charge < -0.3 is 15.2 Å². The van der Waals surface area contributed by atoms with Crippen molar-refractivity contribution in [2.75, 3.05) is 13.1 Å². The van der Waals surface area contributed by atoms with E-state index in [0.29, 0.717) is 18.9 Å². The van der Waals surface area contributed by atoms with Crippen LogP contribution in [-0.2, 0) is 11.3 Å². The predicted molar refractivity (Wildman–Crippen MR) is 58.6 cm³/mol. The third-order valence-electron chi connectivity index (χ3n) is 2.90. The second-order valence-corrected chi connectivity index (χ2v) is 4.17. The van der Waals surface area contributed by atoms with Crippen LogP contribution >= 0.6 is 0 Å². The van der Waals surface area contributed by atoms with Crippen molar-refractivity contribution in [3.63, 3.8) is 0 Å². The summed E-state index contributed by atoms with van der Waals surface area (Å²) in [4.78, 5) is 11.5. The van der Waals surface area contributed by atoms with E-state index in [4.69, 9.17) is 0 Å². The summed E-state index contributed by atoms with van der Waals surface area (Å²) in [5.74, 6) is 0.757. The summed E-state index contributed by atoms with van der Waals surface area (Å²) in [6, 6.07) is 1.75. The maximum Gasteiger partial charge on any atom is 0.220 e. The molecule has 5 nitrogen and oxygen atoms in total. The van der Waals surface area contributed by atoms with E-state index in [-0.39, 0.29) is 5.91 Å². The highest BCUT2D eigenvalue weighted by molar-refractivity contribution is 5.75. The lowest BCUT2D eigenvalue weighted by atomic mass is 10.0. The molecule has 1 saturated heterocycles. The molecule has 1 aliphatic rings. The summed E-state index contributed by atoms with van der Waals surface area (Å²) in [5, 5.41) is 9.85. The van der Waals surface area contributed by atoms with Crippen molar-refractivity contribution in [2.24, 2.45) is 5.92 Å². The molecule has 0 aliphatic carbocycles. The number of nitrogens with zero attached hydrogens (tertiary/aromatic N) is 1. The van der Waals surface area contributed by atoms with E-state index in [1.165, 1.54) is 12.7 Å². The zero-order chi connectivity index (χ0) is 11.2. The molecule has 5 heteroatoms. The lowest BCUT2D eigenvalue weighted by Gasteiger charge is -2.07. The van der Waals surface area contributed by atoms with Gasteiger partial charge in [-0.15, -0.1) is 0 Å². The number of aromatic nitrogens is 1. The third kappa shape index (κ3) is 3.34. The molecular weight excluding hydrogens is 206 g/mol. The van der Waals surface area contributed by atoms with Gasteiger partial charge in [-0.3, -0.25) is 4.79 Å². The van der Waals surface area contributed by atoms with E-state index in [9.17, 15) is 4.79 Å². The maximum atomic E-state index is 11.5. The van der Waals surface area contributed by atoms with E-state index in [1.54, 1.807) is 6.07 Å². The van der Waals surface area contributed by atoms with Crippen LogP contribution in [0.1, 0.15) is 25.0 Å². The van der Waals surface area contributed by atoms with Crippen molar-refractivity contribution < 1.29 is 9.32 Å². The lowest BCUT2D eigenvalue weighted by molar-refractivity contribution is -0.121. The molecule has 0 bridgehead atoms. The van der Waals surface area contributed by atoms with Gasteiger partial charge >= 0.3 is 0 Å². The van der Waals surface area contributed by atoms with Crippen molar-refractivity contribution in [1.29, 1.82) is 0 Å². The van der Waals surface area contributed by atoms with Gasteiger partial charge in [-0.25, -0.2) is 0 Å². The highest BCUT2D eigenvalue weighted by Crippen LogP contribution is 2.13. The molecule has 1 aromatic heterocycles. The minimum Gasteiger partial charge on any atom is -0.364 e. The van der Waals surface area contributed by atoms with Gasteiger partial charge in [-0.1, -0.05) is 5.16 Å². The average molecular weight is 223 g/mol. The van der Waals surface area contributed by atoms with Gasteiger partial charge in [-0.2, -0.15) is 0 Å². The largest absolute Gasteiger partial charge is 0.364 e. The normalized spacial score (nSPS) is 19.9. The summed E-state index contributed by atoms with van der Waals surface area (Å²) >= 11 is 0. The number of carbonyl (C=O) groups is 1. The lowest BCUT2D eigenvalue weighted by Crippen LogP contribution is -2.23. The van der Waals surface area contributed by atoms with Crippen LogP contribution < -0.4 is 10.6 Å². The average Bonchev–Trinajstić information content (AvgIpc) is 2.96. The van der Waals surface area contributed by atoms with Crippen molar-refractivity contribution >= 4 is 5.91 Å². The molecule has 0 aromatic carbocycles. The quantitative estimate of drug-likeness (QED) is 0.770. The topological polar surface area (TPSA) is 67.2 Å². The van der Waals surface area contributed by atoms with E-state index < -0.39 is 0 Å². The van der Waals surface area contributed by atoms with Gasteiger partial charge in [0.15, 0.2) is 0 Å². The molecule has 2 N–H and O–H groups in total. The summed E-state index contributed by atoms with van der Waals surface area (Å²) in [6.45, 7) is 2.60. The van der Waals surface area contributed by atoms with Crippen LogP contribution in [0.5, 0.6) is 0 Å². The molecule has 1 amide bonds. The Morgan fingerprint density at radius 3 is 3.31 bits per heavy atom. The van der Waals surface area contributed by atoms with Crippen molar-refractivity contribution in [2.45, 2.75) is 25.8 Å². The van der Waals surface area contributed by atoms with Crippen LogP contribution in [0.25, 0.3) is 0 Å². The van der Waals surface area contributed by atoms with E-state index >= 15 is 0 Å². The van der Waals surface area contributed by atoms with Gasteiger partial charge in [0, 0.05) is 12.5 Å². The zero-order valence-corrected chi connectivity index (χ0v) is 9.24. The molecular formula is C11H17N3O2. The molecule has 1 unspecified atom stereocenters. The highest BCUT2D eigenvalue weighted by atomic mass is 16.5. The number of amides is 1. The molecule has 2 heterocycles. The fourth-order valence-electron chi connectivity index (χ4n) is 1.90. The van der Waals surface area contributed by atoms with Crippen LogP contribution in [-0.4, -0.2) is 24.2 Å². The maximum absolute atomic E-state index is 11.5. The minimum atomic E-state index is 0.0925. The van der Waals surface area contributed by atoms with Crippen molar-refractivity contribution in [3.8, 4) is 0 Å². The van der Waals surface area contributed by atoms with Crippen LogP contribution in [0.3, 0.4) is 0 Å². The Balaban J connectivity index is 1.60. The first kappa shape index (κ1) is 11.1. The molecule has 1 fully saturated rings. The van der Waals surface area contributed by atoms with Crippen LogP contribution in [0.2, 0.25) is 0 Å². The molecule has 16 heavy (non-hydrogen) atoms. The summed E-state index contributed by atoms with van der Waals surface area (Å²) in [7, 11) is 0. The Labute approximate surface area is 94.6 Å². The summed E-state index contributed by atoms with van der Waals surface area (Å²) < 4.78 is 4.68. The van der Waals surface area contributed by atoms with Crippen LogP contribution in [0.15, 0.2) is 16.9 Å². The molecule has 2 rings (SSSR count). The monoisotopic (exact) mass is 223 g/mol. The first-order valence-electron chi connectivity index (χ1n) is 5.71. The smallest absolute Gasteiger partial charge is 0.220 e. The number of rotatable bonds is 5. The summed E-state index contributed by atoms with van der Waals surface area (Å²) in [6.07, 6.45) is 4.27. The molecule has 1 atom stereocenters. The van der Waals surface area contributed by atoms with Gasteiger partial charge in [0.2, 0.25) is 5.91 Å². The second-order valence-electron chi connectivity index (χ2n) is 4.17. The third-order valence-corrected chi connectivity index (χ3v) is 2.90. The van der Waals surface area contributed by atoms with E-state index in [0.717, 1.165) is 25.2 Å². The Bertz CT molecular complexity index is 318. The highest BCUT2D eigenvalue weighted by Gasteiger charge is 2.15. The van der Waals surface area contributed by atoms with Crippen LogP contribution in [0, 0.1) is 5.92 Å². The van der Waals surface area contributed by atoms with Crippen molar-refractivity contribution in [1.82, 2.24) is 15.8 Å². The minimum absolute atomic E-state index is 0.0925. The molecule has 0 saturated carbocycles.